The van der Waals surface area contributed by atoms with Gasteiger partial charge < -0.3 is 14.8 Å². The lowest BCUT2D eigenvalue weighted by Gasteiger charge is -2.31. The topological polar surface area (TPSA) is 37.3 Å². The third kappa shape index (κ3) is 3.62. The Kier molecular flexibility index (Phi) is 5.26. The first-order valence-electron chi connectivity index (χ1n) is 11.8. The maximum absolute atomic E-state index is 14.3. The van der Waals surface area contributed by atoms with Gasteiger partial charge in [-0.1, -0.05) is 24.3 Å². The van der Waals surface area contributed by atoms with E-state index in [0.717, 1.165) is 35.3 Å². The van der Waals surface area contributed by atoms with Gasteiger partial charge in [-0.25, -0.2) is 9.18 Å². The van der Waals surface area contributed by atoms with E-state index in [1.165, 1.54) is 39.9 Å². The number of fused-ring (bicyclic) bond motifs is 5. The zero-order chi connectivity index (χ0) is 23.2. The lowest BCUT2D eigenvalue weighted by atomic mass is 9.95. The minimum absolute atomic E-state index is 0.184. The van der Waals surface area contributed by atoms with Crippen LogP contribution in [0.2, 0.25) is 0 Å². The second-order valence-corrected chi connectivity index (χ2v) is 10.3. The Morgan fingerprint density at radius 3 is 2.74 bits per heavy atom. The molecule has 172 valence electrons. The number of benzene rings is 2. The van der Waals surface area contributed by atoms with E-state index in [-0.39, 0.29) is 11.8 Å². The van der Waals surface area contributed by atoms with Crippen molar-refractivity contribution in [1.82, 2.24) is 9.47 Å². The molecule has 34 heavy (non-hydrogen) atoms. The molecule has 0 bridgehead atoms. The molecular formula is C28H26FN3OS. The average molecular weight is 472 g/mol. The van der Waals surface area contributed by atoms with Crippen molar-refractivity contribution in [3.8, 4) is 5.00 Å². The highest BCUT2D eigenvalue weighted by Crippen LogP contribution is 2.44. The maximum Gasteiger partial charge on any atom is 0.322 e. The molecular weight excluding hydrogens is 445 g/mol. The summed E-state index contributed by atoms with van der Waals surface area (Å²) < 4.78 is 16.6. The molecule has 3 heterocycles. The molecule has 2 aromatic heterocycles. The molecule has 0 spiro atoms. The molecule has 2 aromatic carbocycles. The Labute approximate surface area is 202 Å². The Morgan fingerprint density at radius 1 is 1.03 bits per heavy atom. The van der Waals surface area contributed by atoms with E-state index in [1.807, 2.05) is 59.6 Å². The van der Waals surface area contributed by atoms with E-state index < -0.39 is 6.04 Å². The van der Waals surface area contributed by atoms with Crippen molar-refractivity contribution in [3.63, 3.8) is 0 Å². The summed E-state index contributed by atoms with van der Waals surface area (Å²) in [6, 6.07) is 17.9. The summed E-state index contributed by atoms with van der Waals surface area (Å²) in [5.74, 6) is -0.300. The smallest absolute Gasteiger partial charge is 0.310 e. The minimum atomic E-state index is -0.408. The number of thiophene rings is 1. The van der Waals surface area contributed by atoms with Gasteiger partial charge in [-0.2, -0.15) is 0 Å². The van der Waals surface area contributed by atoms with Gasteiger partial charge in [-0.05, 0) is 85.7 Å². The van der Waals surface area contributed by atoms with Crippen molar-refractivity contribution < 1.29 is 9.18 Å². The van der Waals surface area contributed by atoms with Crippen LogP contribution < -0.4 is 5.32 Å². The van der Waals surface area contributed by atoms with E-state index in [4.69, 9.17) is 0 Å². The van der Waals surface area contributed by atoms with Gasteiger partial charge in [0.15, 0.2) is 0 Å². The number of halogens is 1. The number of carbonyl (C=O) groups is 1. The summed E-state index contributed by atoms with van der Waals surface area (Å²) in [5, 5.41) is 4.30. The number of carbonyl (C=O) groups excluding carboxylic acids is 1. The molecule has 0 saturated carbocycles. The second kappa shape index (κ2) is 8.44. The molecule has 1 atom stereocenters. The lowest BCUT2D eigenvalue weighted by Crippen LogP contribution is -2.38. The van der Waals surface area contributed by atoms with Crippen molar-refractivity contribution in [2.45, 2.75) is 45.2 Å². The van der Waals surface area contributed by atoms with E-state index in [0.29, 0.717) is 6.54 Å². The minimum Gasteiger partial charge on any atom is -0.310 e. The monoisotopic (exact) mass is 471 g/mol. The summed E-state index contributed by atoms with van der Waals surface area (Å²) in [6.07, 6.45) is 6.62. The SMILES string of the molecule is Cc1cccc(NC(=O)N2Cc3c(sc4c3CCCC4)-n3cccc3[C@@H]2c2cccc(F)c2)c1. The summed E-state index contributed by atoms with van der Waals surface area (Å²) in [6.45, 7) is 2.50. The third-order valence-electron chi connectivity index (χ3n) is 6.87. The number of hydrogen-bond acceptors (Lipinski definition) is 2. The van der Waals surface area contributed by atoms with Crippen LogP contribution in [0.5, 0.6) is 0 Å². The first-order chi connectivity index (χ1) is 16.6. The Balaban J connectivity index is 1.51. The number of aromatic nitrogens is 1. The van der Waals surface area contributed by atoms with E-state index in [9.17, 15) is 9.18 Å². The number of rotatable bonds is 2. The molecule has 6 heteroatoms. The van der Waals surface area contributed by atoms with Crippen molar-refractivity contribution in [3.05, 3.63) is 106 Å². The Hall–Kier alpha value is -3.38. The van der Waals surface area contributed by atoms with Crippen LogP contribution in [-0.4, -0.2) is 15.5 Å². The molecule has 0 unspecified atom stereocenters. The molecule has 1 N–H and O–H groups in total. The summed E-state index contributed by atoms with van der Waals surface area (Å²) in [4.78, 5) is 17.2. The quantitative estimate of drug-likeness (QED) is 0.336. The molecule has 1 aliphatic heterocycles. The fourth-order valence-electron chi connectivity index (χ4n) is 5.33. The van der Waals surface area contributed by atoms with Crippen molar-refractivity contribution in [2.24, 2.45) is 0 Å². The van der Waals surface area contributed by atoms with Gasteiger partial charge >= 0.3 is 6.03 Å². The molecule has 6 rings (SSSR count). The van der Waals surface area contributed by atoms with Crippen molar-refractivity contribution in [1.29, 1.82) is 0 Å². The second-order valence-electron chi connectivity index (χ2n) is 9.18. The fraction of sp³-hybridized carbons (Fsp3) is 0.250. The lowest BCUT2D eigenvalue weighted by molar-refractivity contribution is 0.194. The van der Waals surface area contributed by atoms with Gasteiger partial charge in [0, 0.05) is 22.3 Å². The zero-order valence-corrected chi connectivity index (χ0v) is 19.9. The van der Waals surface area contributed by atoms with Gasteiger partial charge in [-0.3, -0.25) is 0 Å². The number of nitrogens with one attached hydrogen (secondary N) is 1. The van der Waals surface area contributed by atoms with Crippen molar-refractivity contribution >= 4 is 23.1 Å². The number of amides is 2. The number of urea groups is 1. The molecule has 0 radical (unpaired) electrons. The number of aryl methyl sites for hydroxylation is 2. The third-order valence-corrected chi connectivity index (χ3v) is 8.21. The maximum atomic E-state index is 14.3. The molecule has 2 amide bonds. The van der Waals surface area contributed by atoms with Crippen LogP contribution >= 0.6 is 11.3 Å². The largest absolute Gasteiger partial charge is 0.322 e. The van der Waals surface area contributed by atoms with E-state index in [2.05, 4.69) is 22.1 Å². The molecule has 1 aliphatic carbocycles. The highest BCUT2D eigenvalue weighted by Gasteiger charge is 2.36. The summed E-state index contributed by atoms with van der Waals surface area (Å²) in [5.41, 5.74) is 6.22. The number of nitrogens with zero attached hydrogens (tertiary/aromatic N) is 2. The Morgan fingerprint density at radius 2 is 1.88 bits per heavy atom. The zero-order valence-electron chi connectivity index (χ0n) is 19.1. The number of anilines is 1. The van der Waals surface area contributed by atoms with Gasteiger partial charge in [0.2, 0.25) is 0 Å². The van der Waals surface area contributed by atoms with E-state index in [1.54, 1.807) is 12.1 Å². The standard InChI is InChI=1S/C28H26FN3OS/c1-18-7-4-10-21(15-18)30-28(33)32-17-23-22-11-2-3-13-25(22)34-27(23)31-14-6-12-24(31)26(32)19-8-5-9-20(29)16-19/h4-10,12,14-16,26H,2-3,11,13,17H2,1H3,(H,30,33)/t26-/m0/s1. The normalized spacial score (nSPS) is 16.9. The highest BCUT2D eigenvalue weighted by molar-refractivity contribution is 7.15. The Bertz CT molecular complexity index is 1390. The summed E-state index contributed by atoms with van der Waals surface area (Å²) >= 11 is 1.85. The molecule has 0 fully saturated rings. The van der Waals surface area contributed by atoms with Gasteiger partial charge in [0.25, 0.3) is 0 Å². The molecule has 2 aliphatic rings. The molecule has 4 aromatic rings. The predicted molar refractivity (Wildman–Crippen MR) is 134 cm³/mol. The van der Waals surface area contributed by atoms with Crippen LogP contribution in [0.25, 0.3) is 5.00 Å². The van der Waals surface area contributed by atoms with Crippen LogP contribution in [-0.2, 0) is 19.4 Å². The van der Waals surface area contributed by atoms with Crippen LogP contribution in [0.15, 0.2) is 66.9 Å². The van der Waals surface area contributed by atoms with Crippen LogP contribution in [0.1, 0.15) is 51.7 Å². The van der Waals surface area contributed by atoms with Gasteiger partial charge in [0.1, 0.15) is 10.8 Å². The van der Waals surface area contributed by atoms with Crippen LogP contribution in [0.3, 0.4) is 0 Å². The molecule has 4 nitrogen and oxygen atoms in total. The molecule has 0 saturated heterocycles. The number of hydrogen-bond donors (Lipinski definition) is 1. The average Bonchev–Trinajstić information content (AvgIpc) is 3.41. The van der Waals surface area contributed by atoms with Crippen LogP contribution in [0.4, 0.5) is 14.9 Å². The predicted octanol–water partition coefficient (Wildman–Crippen LogP) is 7.00. The van der Waals surface area contributed by atoms with E-state index >= 15 is 0 Å². The van der Waals surface area contributed by atoms with Crippen LogP contribution in [0, 0.1) is 12.7 Å². The first kappa shape index (κ1) is 21.2. The fourth-order valence-corrected chi connectivity index (χ4v) is 6.74. The van der Waals surface area contributed by atoms with Gasteiger partial charge in [0.05, 0.1) is 18.3 Å². The first-order valence-corrected chi connectivity index (χ1v) is 12.6. The van der Waals surface area contributed by atoms with Gasteiger partial charge in [-0.15, -0.1) is 11.3 Å². The van der Waals surface area contributed by atoms with Crippen molar-refractivity contribution in [2.75, 3.05) is 5.32 Å². The highest BCUT2D eigenvalue weighted by atomic mass is 32.1. The summed E-state index contributed by atoms with van der Waals surface area (Å²) in [7, 11) is 0.